The van der Waals surface area contributed by atoms with E-state index in [2.05, 4.69) is 6.07 Å². The molecule has 1 aliphatic rings. The van der Waals surface area contributed by atoms with Crippen LogP contribution in [-0.4, -0.2) is 0 Å². The van der Waals surface area contributed by atoms with Gasteiger partial charge in [0.15, 0.2) is 0 Å². The predicted molar refractivity (Wildman–Crippen MR) is 56.8 cm³/mol. The molecule has 0 fully saturated rings. The summed E-state index contributed by atoms with van der Waals surface area (Å²) in [6.07, 6.45) is 5.80. The van der Waals surface area contributed by atoms with Gasteiger partial charge < -0.3 is 0 Å². The first kappa shape index (κ1) is 9.67. The number of rotatable bonds is 1. The Balaban J connectivity index is 2.34. The molecule has 1 nitrogen and oxygen atoms in total. The van der Waals surface area contributed by atoms with E-state index >= 15 is 0 Å². The molecular weight excluding hydrogens is 189 g/mol. The van der Waals surface area contributed by atoms with E-state index in [4.69, 9.17) is 5.26 Å². The molecule has 2 rings (SSSR count). The van der Waals surface area contributed by atoms with E-state index in [0.29, 0.717) is 12.0 Å². The van der Waals surface area contributed by atoms with Crippen LogP contribution < -0.4 is 0 Å². The number of halogens is 1. The Morgan fingerprint density at radius 3 is 3.00 bits per heavy atom. The molecule has 1 atom stereocenters. The largest absolute Gasteiger partial charge is 0.211 e. The molecule has 0 saturated heterocycles. The fourth-order valence-electron chi connectivity index (χ4n) is 1.72. The highest BCUT2D eigenvalue weighted by Crippen LogP contribution is 2.31. The lowest BCUT2D eigenvalue weighted by Crippen LogP contribution is -2.01. The first-order valence-electron chi connectivity index (χ1n) is 4.83. The molecule has 0 amide bonds. The zero-order valence-corrected chi connectivity index (χ0v) is 8.15. The molecule has 0 saturated carbocycles. The lowest BCUT2D eigenvalue weighted by Gasteiger charge is -2.16. The van der Waals surface area contributed by atoms with Gasteiger partial charge in [0.05, 0.1) is 11.6 Å². The predicted octanol–water partition coefficient (Wildman–Crippen LogP) is 3.46. The van der Waals surface area contributed by atoms with Crippen molar-refractivity contribution in [1.82, 2.24) is 0 Å². The molecule has 0 aromatic heterocycles. The van der Waals surface area contributed by atoms with E-state index < -0.39 is 0 Å². The smallest absolute Gasteiger partial charge is 0.108 e. The second-order valence-corrected chi connectivity index (χ2v) is 3.51. The zero-order chi connectivity index (χ0) is 10.7. The van der Waals surface area contributed by atoms with Gasteiger partial charge in [0.2, 0.25) is 0 Å². The molecule has 0 N–H and O–H groups in total. The molecule has 74 valence electrons. The van der Waals surface area contributed by atoms with Gasteiger partial charge in [0, 0.05) is 5.92 Å². The highest BCUT2D eigenvalue weighted by molar-refractivity contribution is 5.38. The molecule has 1 aliphatic carbocycles. The number of hydrogen-bond acceptors (Lipinski definition) is 1. The molecule has 0 radical (unpaired) electrons. The van der Waals surface area contributed by atoms with Gasteiger partial charge in [-0.1, -0.05) is 24.3 Å². The highest BCUT2D eigenvalue weighted by atomic mass is 19.1. The molecule has 1 aromatic rings. The second kappa shape index (κ2) is 4.10. The fourth-order valence-corrected chi connectivity index (χ4v) is 1.72. The number of nitrogens with zero attached hydrogens (tertiary/aromatic N) is 1. The van der Waals surface area contributed by atoms with Gasteiger partial charge in [-0.3, -0.25) is 0 Å². The molecule has 1 unspecified atom stereocenters. The Morgan fingerprint density at radius 2 is 2.27 bits per heavy atom. The Hall–Kier alpha value is -1.88. The van der Waals surface area contributed by atoms with Gasteiger partial charge in [-0.25, -0.2) is 4.39 Å². The summed E-state index contributed by atoms with van der Waals surface area (Å²) >= 11 is 0. The van der Waals surface area contributed by atoms with Gasteiger partial charge >= 0.3 is 0 Å². The van der Waals surface area contributed by atoms with E-state index in [1.165, 1.54) is 6.08 Å². The van der Waals surface area contributed by atoms with Crippen LogP contribution in [0.1, 0.15) is 23.5 Å². The van der Waals surface area contributed by atoms with Gasteiger partial charge in [-0.05, 0) is 30.2 Å². The van der Waals surface area contributed by atoms with E-state index in [-0.39, 0.29) is 11.7 Å². The van der Waals surface area contributed by atoms with Gasteiger partial charge in [0.1, 0.15) is 5.83 Å². The van der Waals surface area contributed by atoms with Crippen LogP contribution in [0.4, 0.5) is 4.39 Å². The maximum absolute atomic E-state index is 13.5. The molecule has 1 aromatic carbocycles. The Labute approximate surface area is 88.2 Å². The van der Waals surface area contributed by atoms with Crippen LogP contribution in [0.15, 0.2) is 48.3 Å². The Morgan fingerprint density at radius 1 is 1.40 bits per heavy atom. The van der Waals surface area contributed by atoms with Crippen molar-refractivity contribution in [1.29, 1.82) is 5.26 Å². The summed E-state index contributed by atoms with van der Waals surface area (Å²) in [5.41, 5.74) is 1.45. The summed E-state index contributed by atoms with van der Waals surface area (Å²) in [5, 5.41) is 8.75. The second-order valence-electron chi connectivity index (χ2n) is 3.51. The summed E-state index contributed by atoms with van der Waals surface area (Å²) in [7, 11) is 0. The van der Waals surface area contributed by atoms with Crippen molar-refractivity contribution in [2.75, 3.05) is 0 Å². The van der Waals surface area contributed by atoms with Crippen molar-refractivity contribution >= 4 is 0 Å². The fraction of sp³-hybridized carbons (Fsp3) is 0.154. The Bertz CT molecular complexity index is 466. The minimum absolute atomic E-state index is 0.132. The summed E-state index contributed by atoms with van der Waals surface area (Å²) in [4.78, 5) is 0. The number of allylic oxidation sites excluding steroid dienone is 4. The molecule has 0 aliphatic heterocycles. The third kappa shape index (κ3) is 1.97. The third-order valence-corrected chi connectivity index (χ3v) is 2.51. The molecule has 0 bridgehead atoms. The normalized spacial score (nSPS) is 19.5. The van der Waals surface area contributed by atoms with Crippen LogP contribution in [0, 0.1) is 11.3 Å². The topological polar surface area (TPSA) is 23.8 Å². The van der Waals surface area contributed by atoms with E-state index in [0.717, 1.165) is 5.56 Å². The van der Waals surface area contributed by atoms with E-state index in [9.17, 15) is 4.39 Å². The van der Waals surface area contributed by atoms with Crippen molar-refractivity contribution in [3.63, 3.8) is 0 Å². The van der Waals surface area contributed by atoms with Crippen LogP contribution >= 0.6 is 0 Å². The summed E-state index contributed by atoms with van der Waals surface area (Å²) in [6.45, 7) is 0. The minimum Gasteiger partial charge on any atom is -0.211 e. The van der Waals surface area contributed by atoms with Gasteiger partial charge in [0.25, 0.3) is 0 Å². The zero-order valence-electron chi connectivity index (χ0n) is 8.15. The van der Waals surface area contributed by atoms with Crippen LogP contribution in [0.5, 0.6) is 0 Å². The Kier molecular flexibility index (Phi) is 2.64. The summed E-state index contributed by atoms with van der Waals surface area (Å²) in [6, 6.07) is 9.18. The SMILES string of the molecule is N#Cc1cccc(C2CC=CC=C2F)c1. The number of hydrogen-bond donors (Lipinski definition) is 0. The average Bonchev–Trinajstić information content (AvgIpc) is 2.30. The standard InChI is InChI=1S/C13H10FN/c14-13-7-2-1-6-12(13)11-5-3-4-10(8-11)9-15/h1-5,7-8,12H,6H2. The lowest BCUT2D eigenvalue weighted by atomic mass is 9.90. The average molecular weight is 199 g/mol. The van der Waals surface area contributed by atoms with E-state index in [1.54, 1.807) is 24.3 Å². The van der Waals surface area contributed by atoms with Crippen LogP contribution in [0.25, 0.3) is 0 Å². The molecule has 0 heterocycles. The summed E-state index contributed by atoms with van der Waals surface area (Å²) in [5.74, 6) is -0.351. The van der Waals surface area contributed by atoms with Crippen LogP contribution in [0.2, 0.25) is 0 Å². The monoisotopic (exact) mass is 199 g/mol. The quantitative estimate of drug-likeness (QED) is 0.679. The number of benzene rings is 1. The lowest BCUT2D eigenvalue weighted by molar-refractivity contribution is 0.541. The van der Waals surface area contributed by atoms with Crippen LogP contribution in [0.3, 0.4) is 0 Å². The first-order chi connectivity index (χ1) is 7.31. The first-order valence-corrected chi connectivity index (χ1v) is 4.83. The van der Waals surface area contributed by atoms with Gasteiger partial charge in [-0.15, -0.1) is 0 Å². The molecule has 2 heteroatoms. The summed E-state index contributed by atoms with van der Waals surface area (Å²) < 4.78 is 13.5. The third-order valence-electron chi connectivity index (χ3n) is 2.51. The van der Waals surface area contributed by atoms with Crippen molar-refractivity contribution in [2.24, 2.45) is 0 Å². The molecular formula is C13H10FN. The maximum Gasteiger partial charge on any atom is 0.108 e. The minimum atomic E-state index is -0.219. The molecule has 15 heavy (non-hydrogen) atoms. The maximum atomic E-state index is 13.5. The van der Waals surface area contributed by atoms with Gasteiger partial charge in [-0.2, -0.15) is 5.26 Å². The van der Waals surface area contributed by atoms with Crippen molar-refractivity contribution in [3.05, 3.63) is 59.4 Å². The molecule has 0 spiro atoms. The van der Waals surface area contributed by atoms with Crippen molar-refractivity contribution in [2.45, 2.75) is 12.3 Å². The van der Waals surface area contributed by atoms with Crippen molar-refractivity contribution in [3.8, 4) is 6.07 Å². The highest BCUT2D eigenvalue weighted by Gasteiger charge is 2.17. The van der Waals surface area contributed by atoms with Crippen molar-refractivity contribution < 1.29 is 4.39 Å². The number of nitriles is 1. The van der Waals surface area contributed by atoms with E-state index in [1.807, 2.05) is 12.1 Å². The van der Waals surface area contributed by atoms with Crippen LogP contribution in [-0.2, 0) is 0 Å².